The van der Waals surface area contributed by atoms with Gasteiger partial charge < -0.3 is 20.5 Å². The molecule has 0 radical (unpaired) electrons. The minimum absolute atomic E-state index is 0.0554. The summed E-state index contributed by atoms with van der Waals surface area (Å²) in [6, 6.07) is 24.2. The standard InChI is InChI=1S/C29H25ClN4O4S/c1-18-15-26(34-38-18)33-27(35)19(2)39-24-10-6-9-23(17-24)31-29(37)25(16-20-11-13-22(30)14-12-20)32-28(36)21-7-4-3-5-8-21/h3-17,19H,1-2H3,(H,31,37)(H,32,36)(H,33,34,35)/b25-16-. The van der Waals surface area contributed by atoms with E-state index in [9.17, 15) is 14.4 Å². The highest BCUT2D eigenvalue weighted by Crippen LogP contribution is 2.27. The van der Waals surface area contributed by atoms with Gasteiger partial charge in [0, 0.05) is 27.2 Å². The molecule has 8 nitrogen and oxygen atoms in total. The van der Waals surface area contributed by atoms with Crippen LogP contribution in [0.1, 0.15) is 28.6 Å². The van der Waals surface area contributed by atoms with Gasteiger partial charge in [0.2, 0.25) is 5.91 Å². The molecular formula is C29H25ClN4O4S. The van der Waals surface area contributed by atoms with Gasteiger partial charge in [0.1, 0.15) is 11.5 Å². The molecule has 0 aliphatic rings. The van der Waals surface area contributed by atoms with Crippen LogP contribution in [0.2, 0.25) is 5.02 Å². The lowest BCUT2D eigenvalue weighted by atomic mass is 10.1. The first-order chi connectivity index (χ1) is 18.8. The van der Waals surface area contributed by atoms with Crippen LogP contribution in [-0.4, -0.2) is 28.1 Å². The molecule has 39 heavy (non-hydrogen) atoms. The second kappa shape index (κ2) is 12.9. The number of carbonyl (C=O) groups is 3. The molecule has 1 aromatic heterocycles. The largest absolute Gasteiger partial charge is 0.360 e. The minimum atomic E-state index is -0.511. The number of hydrogen-bond acceptors (Lipinski definition) is 6. The van der Waals surface area contributed by atoms with Gasteiger partial charge in [-0.1, -0.05) is 53.2 Å². The fourth-order valence-corrected chi connectivity index (χ4v) is 4.48. The number of carbonyl (C=O) groups excluding carboxylic acids is 3. The maximum absolute atomic E-state index is 13.3. The van der Waals surface area contributed by atoms with Crippen LogP contribution in [0.5, 0.6) is 0 Å². The van der Waals surface area contributed by atoms with Gasteiger partial charge >= 0.3 is 0 Å². The van der Waals surface area contributed by atoms with Crippen molar-refractivity contribution in [3.63, 3.8) is 0 Å². The molecule has 3 amide bonds. The summed E-state index contributed by atoms with van der Waals surface area (Å²) >= 11 is 7.31. The van der Waals surface area contributed by atoms with Crippen molar-refractivity contribution < 1.29 is 18.9 Å². The molecule has 0 spiro atoms. The lowest BCUT2D eigenvalue weighted by Gasteiger charge is -2.13. The predicted molar refractivity (Wildman–Crippen MR) is 154 cm³/mol. The maximum atomic E-state index is 13.3. The second-order valence-electron chi connectivity index (χ2n) is 8.48. The Morgan fingerprint density at radius 1 is 0.949 bits per heavy atom. The summed E-state index contributed by atoms with van der Waals surface area (Å²) in [5.74, 6) is -0.220. The van der Waals surface area contributed by atoms with E-state index in [0.29, 0.717) is 33.4 Å². The summed E-state index contributed by atoms with van der Waals surface area (Å²) in [6.07, 6.45) is 1.57. The van der Waals surface area contributed by atoms with E-state index in [1.54, 1.807) is 98.8 Å². The van der Waals surface area contributed by atoms with E-state index in [1.807, 2.05) is 6.07 Å². The van der Waals surface area contributed by atoms with Gasteiger partial charge in [-0.25, -0.2) is 0 Å². The number of thioether (sulfide) groups is 1. The van der Waals surface area contributed by atoms with E-state index >= 15 is 0 Å². The second-order valence-corrected chi connectivity index (χ2v) is 10.3. The Hall–Kier alpha value is -4.34. The Morgan fingerprint density at radius 3 is 2.38 bits per heavy atom. The number of hydrogen-bond donors (Lipinski definition) is 3. The molecule has 198 valence electrons. The summed E-state index contributed by atoms with van der Waals surface area (Å²) in [5.41, 5.74) is 1.66. The first-order valence-corrected chi connectivity index (χ1v) is 13.2. The number of aromatic nitrogens is 1. The van der Waals surface area contributed by atoms with Crippen LogP contribution < -0.4 is 16.0 Å². The van der Waals surface area contributed by atoms with Gasteiger partial charge in [-0.05, 0) is 68.0 Å². The first-order valence-electron chi connectivity index (χ1n) is 11.9. The zero-order valence-electron chi connectivity index (χ0n) is 21.1. The van der Waals surface area contributed by atoms with Crippen molar-refractivity contribution in [1.82, 2.24) is 10.5 Å². The van der Waals surface area contributed by atoms with E-state index in [2.05, 4.69) is 21.1 Å². The van der Waals surface area contributed by atoms with E-state index < -0.39 is 17.1 Å². The van der Waals surface area contributed by atoms with Crippen molar-refractivity contribution in [2.24, 2.45) is 0 Å². The summed E-state index contributed by atoms with van der Waals surface area (Å²) in [5, 5.41) is 12.1. The average Bonchev–Trinajstić information content (AvgIpc) is 3.34. The SMILES string of the molecule is Cc1cc(NC(=O)C(C)Sc2cccc(NC(=O)/C(=C/c3ccc(Cl)cc3)NC(=O)c3ccccc3)c2)no1. The molecule has 4 aromatic rings. The van der Waals surface area contributed by atoms with Crippen molar-refractivity contribution >= 4 is 58.7 Å². The molecule has 0 bridgehead atoms. The third-order valence-electron chi connectivity index (χ3n) is 5.36. The molecule has 0 aliphatic heterocycles. The highest BCUT2D eigenvalue weighted by molar-refractivity contribution is 8.00. The molecule has 3 aromatic carbocycles. The summed E-state index contributed by atoms with van der Waals surface area (Å²) in [4.78, 5) is 39.4. The smallest absolute Gasteiger partial charge is 0.272 e. The van der Waals surface area contributed by atoms with Crippen LogP contribution in [0.15, 0.2) is 100 Å². The summed E-state index contributed by atoms with van der Waals surface area (Å²) in [6.45, 7) is 3.51. The van der Waals surface area contributed by atoms with Gasteiger partial charge in [0.05, 0.1) is 5.25 Å². The number of amides is 3. The van der Waals surface area contributed by atoms with Crippen molar-refractivity contribution in [3.05, 3.63) is 113 Å². The molecular weight excluding hydrogens is 536 g/mol. The summed E-state index contributed by atoms with van der Waals surface area (Å²) in [7, 11) is 0. The Kier molecular flexibility index (Phi) is 9.19. The topological polar surface area (TPSA) is 113 Å². The number of benzene rings is 3. The van der Waals surface area contributed by atoms with Crippen LogP contribution in [0.4, 0.5) is 11.5 Å². The summed E-state index contributed by atoms with van der Waals surface area (Å²) < 4.78 is 4.98. The molecule has 0 fully saturated rings. The van der Waals surface area contributed by atoms with Crippen LogP contribution in [0, 0.1) is 6.92 Å². The van der Waals surface area contributed by atoms with Crippen LogP contribution in [-0.2, 0) is 9.59 Å². The monoisotopic (exact) mass is 560 g/mol. The Bertz CT molecular complexity index is 1500. The van der Waals surface area contributed by atoms with Gasteiger partial charge in [-0.3, -0.25) is 14.4 Å². The third-order valence-corrected chi connectivity index (χ3v) is 6.71. The van der Waals surface area contributed by atoms with E-state index in [0.717, 1.165) is 4.90 Å². The van der Waals surface area contributed by atoms with Gasteiger partial charge in [-0.2, -0.15) is 0 Å². The van der Waals surface area contributed by atoms with Crippen molar-refractivity contribution in [2.45, 2.75) is 24.0 Å². The zero-order valence-corrected chi connectivity index (χ0v) is 22.7. The quantitative estimate of drug-likeness (QED) is 0.167. The molecule has 0 saturated carbocycles. The van der Waals surface area contributed by atoms with E-state index in [1.165, 1.54) is 11.8 Å². The van der Waals surface area contributed by atoms with Gasteiger partial charge in [-0.15, -0.1) is 11.8 Å². The Morgan fingerprint density at radius 2 is 1.69 bits per heavy atom. The molecule has 1 unspecified atom stereocenters. The highest BCUT2D eigenvalue weighted by atomic mass is 35.5. The lowest BCUT2D eigenvalue weighted by molar-refractivity contribution is -0.115. The minimum Gasteiger partial charge on any atom is -0.360 e. The average molecular weight is 561 g/mol. The fraction of sp³-hybridized carbons (Fsp3) is 0.103. The highest BCUT2D eigenvalue weighted by Gasteiger charge is 2.18. The van der Waals surface area contributed by atoms with Gasteiger partial charge in [0.25, 0.3) is 11.8 Å². The van der Waals surface area contributed by atoms with Crippen LogP contribution in [0.3, 0.4) is 0 Å². The molecule has 10 heteroatoms. The molecule has 0 saturated heterocycles. The van der Waals surface area contributed by atoms with Crippen LogP contribution >= 0.6 is 23.4 Å². The first kappa shape index (κ1) is 27.7. The number of anilines is 2. The Balaban J connectivity index is 1.48. The number of rotatable bonds is 9. The normalized spacial score (nSPS) is 11.9. The predicted octanol–water partition coefficient (Wildman–Crippen LogP) is 6.17. The number of halogens is 1. The zero-order chi connectivity index (χ0) is 27.8. The van der Waals surface area contributed by atoms with E-state index in [4.69, 9.17) is 16.1 Å². The number of aryl methyl sites for hydroxylation is 1. The maximum Gasteiger partial charge on any atom is 0.272 e. The fourth-order valence-electron chi connectivity index (χ4n) is 3.42. The lowest BCUT2D eigenvalue weighted by Crippen LogP contribution is -2.30. The molecule has 1 atom stereocenters. The van der Waals surface area contributed by atoms with Crippen molar-refractivity contribution in [2.75, 3.05) is 10.6 Å². The van der Waals surface area contributed by atoms with Crippen LogP contribution in [0.25, 0.3) is 6.08 Å². The number of nitrogens with one attached hydrogen (secondary N) is 3. The van der Waals surface area contributed by atoms with Crippen molar-refractivity contribution in [1.29, 1.82) is 0 Å². The Labute approximate surface area is 234 Å². The van der Waals surface area contributed by atoms with Crippen molar-refractivity contribution in [3.8, 4) is 0 Å². The number of nitrogens with zero attached hydrogens (tertiary/aromatic N) is 1. The third kappa shape index (κ3) is 8.07. The van der Waals surface area contributed by atoms with Gasteiger partial charge in [0.15, 0.2) is 5.82 Å². The molecule has 3 N–H and O–H groups in total. The molecule has 1 heterocycles. The molecule has 0 aliphatic carbocycles. The molecule has 4 rings (SSSR count). The van der Waals surface area contributed by atoms with E-state index in [-0.39, 0.29) is 11.6 Å².